The third kappa shape index (κ3) is 2.72. The van der Waals surface area contributed by atoms with Crippen molar-refractivity contribution in [2.45, 2.75) is 0 Å². The van der Waals surface area contributed by atoms with E-state index < -0.39 is 17.6 Å². The number of halogens is 2. The number of hydrogen-bond acceptors (Lipinski definition) is 3. The molecule has 0 saturated heterocycles. The van der Waals surface area contributed by atoms with E-state index in [1.807, 2.05) is 0 Å². The SMILES string of the molecule is N#Cc1cc(C(=O)O)ccc1Oc1cc(F)ccc1F. The molecule has 0 aliphatic heterocycles. The van der Waals surface area contributed by atoms with Gasteiger partial charge in [-0.3, -0.25) is 0 Å². The van der Waals surface area contributed by atoms with E-state index in [2.05, 4.69) is 0 Å². The fourth-order valence-corrected chi connectivity index (χ4v) is 1.51. The van der Waals surface area contributed by atoms with Crippen LogP contribution < -0.4 is 4.74 Å². The molecule has 0 unspecified atom stereocenters. The molecular formula is C14H7F2NO3. The molecular weight excluding hydrogens is 268 g/mol. The Morgan fingerprint density at radius 3 is 2.55 bits per heavy atom. The summed E-state index contributed by atoms with van der Waals surface area (Å²) < 4.78 is 31.6. The summed E-state index contributed by atoms with van der Waals surface area (Å²) in [6.07, 6.45) is 0. The lowest BCUT2D eigenvalue weighted by Crippen LogP contribution is -1.98. The molecule has 0 heterocycles. The summed E-state index contributed by atoms with van der Waals surface area (Å²) in [4.78, 5) is 10.8. The Hall–Kier alpha value is -2.94. The van der Waals surface area contributed by atoms with Crippen LogP contribution in [0.3, 0.4) is 0 Å². The van der Waals surface area contributed by atoms with Gasteiger partial charge < -0.3 is 9.84 Å². The molecule has 2 rings (SSSR count). The maximum absolute atomic E-state index is 13.4. The van der Waals surface area contributed by atoms with Gasteiger partial charge in [0.15, 0.2) is 11.6 Å². The molecule has 6 heteroatoms. The number of nitriles is 1. The van der Waals surface area contributed by atoms with Crippen molar-refractivity contribution >= 4 is 5.97 Å². The maximum atomic E-state index is 13.4. The van der Waals surface area contributed by atoms with Crippen LogP contribution in [-0.2, 0) is 0 Å². The highest BCUT2D eigenvalue weighted by atomic mass is 19.1. The van der Waals surface area contributed by atoms with Crippen LogP contribution in [0.1, 0.15) is 15.9 Å². The van der Waals surface area contributed by atoms with Gasteiger partial charge in [-0.05, 0) is 30.3 Å². The van der Waals surface area contributed by atoms with Gasteiger partial charge in [0, 0.05) is 6.07 Å². The van der Waals surface area contributed by atoms with Gasteiger partial charge >= 0.3 is 5.97 Å². The number of carboxylic acids is 1. The third-order valence-electron chi connectivity index (χ3n) is 2.46. The van der Waals surface area contributed by atoms with E-state index in [-0.39, 0.29) is 22.6 Å². The van der Waals surface area contributed by atoms with Gasteiger partial charge in [0.2, 0.25) is 0 Å². The van der Waals surface area contributed by atoms with Crippen molar-refractivity contribution in [2.24, 2.45) is 0 Å². The largest absolute Gasteiger partial charge is 0.478 e. The van der Waals surface area contributed by atoms with Crippen molar-refractivity contribution in [3.63, 3.8) is 0 Å². The number of hydrogen-bond donors (Lipinski definition) is 1. The monoisotopic (exact) mass is 275 g/mol. The summed E-state index contributed by atoms with van der Waals surface area (Å²) >= 11 is 0. The van der Waals surface area contributed by atoms with Crippen LogP contribution in [-0.4, -0.2) is 11.1 Å². The molecule has 2 aromatic rings. The van der Waals surface area contributed by atoms with E-state index in [1.54, 1.807) is 6.07 Å². The molecule has 0 aliphatic rings. The van der Waals surface area contributed by atoms with E-state index in [1.165, 1.54) is 12.1 Å². The number of nitrogens with zero attached hydrogens (tertiary/aromatic N) is 1. The molecule has 1 N–H and O–H groups in total. The summed E-state index contributed by atoms with van der Waals surface area (Å²) in [7, 11) is 0. The van der Waals surface area contributed by atoms with Crippen LogP contribution >= 0.6 is 0 Å². The summed E-state index contributed by atoms with van der Waals surface area (Å²) in [5.41, 5.74) is -0.192. The first kappa shape index (κ1) is 13.5. The Balaban J connectivity index is 2.41. The van der Waals surface area contributed by atoms with Gasteiger partial charge in [-0.25, -0.2) is 13.6 Å². The molecule has 0 saturated carbocycles. The summed E-state index contributed by atoms with van der Waals surface area (Å²) in [6, 6.07) is 7.91. The van der Waals surface area contributed by atoms with Crippen LogP contribution in [0.4, 0.5) is 8.78 Å². The van der Waals surface area contributed by atoms with Crippen LogP contribution in [0.2, 0.25) is 0 Å². The second-order valence-corrected chi connectivity index (χ2v) is 3.80. The number of carbonyl (C=O) groups is 1. The number of rotatable bonds is 3. The lowest BCUT2D eigenvalue weighted by Gasteiger charge is -2.08. The van der Waals surface area contributed by atoms with Crippen LogP contribution in [0.5, 0.6) is 11.5 Å². The van der Waals surface area contributed by atoms with Crippen LogP contribution in [0.15, 0.2) is 36.4 Å². The van der Waals surface area contributed by atoms with E-state index in [4.69, 9.17) is 15.1 Å². The number of ether oxygens (including phenoxy) is 1. The van der Waals surface area contributed by atoms with Gasteiger partial charge in [0.25, 0.3) is 0 Å². The summed E-state index contributed by atoms with van der Waals surface area (Å²) in [5.74, 6) is -3.13. The van der Waals surface area contributed by atoms with Gasteiger partial charge in [0.05, 0.1) is 11.1 Å². The van der Waals surface area contributed by atoms with Crippen molar-refractivity contribution in [1.29, 1.82) is 5.26 Å². The molecule has 0 spiro atoms. The number of benzene rings is 2. The topological polar surface area (TPSA) is 70.3 Å². The molecule has 0 fully saturated rings. The lowest BCUT2D eigenvalue weighted by molar-refractivity contribution is 0.0697. The minimum atomic E-state index is -1.20. The highest BCUT2D eigenvalue weighted by Crippen LogP contribution is 2.28. The van der Waals surface area contributed by atoms with E-state index in [9.17, 15) is 13.6 Å². The molecule has 0 radical (unpaired) electrons. The zero-order chi connectivity index (χ0) is 14.7. The van der Waals surface area contributed by atoms with Crippen LogP contribution in [0, 0.1) is 23.0 Å². The van der Waals surface area contributed by atoms with Crippen LogP contribution in [0.25, 0.3) is 0 Å². The van der Waals surface area contributed by atoms with E-state index >= 15 is 0 Å². The molecule has 100 valence electrons. The zero-order valence-electron chi connectivity index (χ0n) is 9.93. The predicted molar refractivity (Wildman–Crippen MR) is 64.5 cm³/mol. The highest BCUT2D eigenvalue weighted by Gasteiger charge is 2.12. The summed E-state index contributed by atoms with van der Waals surface area (Å²) in [6.45, 7) is 0. The molecule has 2 aromatic carbocycles. The molecule has 0 amide bonds. The zero-order valence-corrected chi connectivity index (χ0v) is 9.93. The van der Waals surface area contributed by atoms with Gasteiger partial charge in [-0.1, -0.05) is 0 Å². The van der Waals surface area contributed by atoms with E-state index in [0.29, 0.717) is 0 Å². The van der Waals surface area contributed by atoms with Crippen molar-refractivity contribution < 1.29 is 23.4 Å². The fraction of sp³-hybridized carbons (Fsp3) is 0. The molecule has 20 heavy (non-hydrogen) atoms. The second kappa shape index (κ2) is 5.36. The second-order valence-electron chi connectivity index (χ2n) is 3.80. The average Bonchev–Trinajstić information content (AvgIpc) is 2.43. The Kier molecular flexibility index (Phi) is 3.62. The third-order valence-corrected chi connectivity index (χ3v) is 2.46. The maximum Gasteiger partial charge on any atom is 0.335 e. The Morgan fingerprint density at radius 2 is 1.90 bits per heavy atom. The molecule has 4 nitrogen and oxygen atoms in total. The van der Waals surface area contributed by atoms with Gasteiger partial charge in [0.1, 0.15) is 17.6 Å². The quantitative estimate of drug-likeness (QED) is 0.932. The van der Waals surface area contributed by atoms with Crippen molar-refractivity contribution in [3.05, 3.63) is 59.2 Å². The Labute approximate surface area is 112 Å². The van der Waals surface area contributed by atoms with Gasteiger partial charge in [-0.2, -0.15) is 5.26 Å². The smallest absolute Gasteiger partial charge is 0.335 e. The summed E-state index contributed by atoms with van der Waals surface area (Å²) in [5, 5.41) is 17.7. The minimum Gasteiger partial charge on any atom is -0.478 e. The molecule has 0 aliphatic carbocycles. The first-order chi connectivity index (χ1) is 9.51. The Morgan fingerprint density at radius 1 is 1.15 bits per heavy atom. The fourth-order valence-electron chi connectivity index (χ4n) is 1.51. The van der Waals surface area contributed by atoms with Crippen molar-refractivity contribution in [3.8, 4) is 17.6 Å². The number of aromatic carboxylic acids is 1. The van der Waals surface area contributed by atoms with E-state index in [0.717, 1.165) is 24.3 Å². The molecule has 0 bridgehead atoms. The first-order valence-electron chi connectivity index (χ1n) is 5.41. The number of carboxylic acid groups (broad SMARTS) is 1. The lowest BCUT2D eigenvalue weighted by atomic mass is 10.1. The van der Waals surface area contributed by atoms with Gasteiger partial charge in [-0.15, -0.1) is 0 Å². The Bertz CT molecular complexity index is 723. The predicted octanol–water partition coefficient (Wildman–Crippen LogP) is 3.33. The highest BCUT2D eigenvalue weighted by molar-refractivity contribution is 5.88. The van der Waals surface area contributed by atoms with Crippen molar-refractivity contribution in [2.75, 3.05) is 0 Å². The van der Waals surface area contributed by atoms with Crippen molar-refractivity contribution in [1.82, 2.24) is 0 Å². The average molecular weight is 275 g/mol. The first-order valence-corrected chi connectivity index (χ1v) is 5.41. The molecule has 0 atom stereocenters. The minimum absolute atomic E-state index is 0.0537. The normalized spacial score (nSPS) is 9.85. The molecule has 0 aromatic heterocycles. The standard InChI is InChI=1S/C14H7F2NO3/c15-10-2-3-11(16)13(6-10)20-12-4-1-8(14(18)19)5-9(12)7-17/h1-6H,(H,18,19).